The Morgan fingerprint density at radius 3 is 2.42 bits per heavy atom. The maximum absolute atomic E-state index is 5.25. The Labute approximate surface area is 154 Å². The molecule has 0 fully saturated rings. The molecule has 0 amide bonds. The van der Waals surface area contributed by atoms with Crippen molar-refractivity contribution >= 4 is 11.6 Å². The highest BCUT2D eigenvalue weighted by Gasteiger charge is 2.19. The highest BCUT2D eigenvalue weighted by Crippen LogP contribution is 2.32. The fourth-order valence-corrected chi connectivity index (χ4v) is 3.39. The smallest absolute Gasteiger partial charge is 0.118 e. The molecule has 1 aliphatic rings. The van der Waals surface area contributed by atoms with Gasteiger partial charge >= 0.3 is 0 Å². The van der Waals surface area contributed by atoms with E-state index in [1.807, 2.05) is 12.1 Å². The van der Waals surface area contributed by atoms with Gasteiger partial charge in [-0.3, -0.25) is 0 Å². The highest BCUT2D eigenvalue weighted by atomic mass is 16.5. The van der Waals surface area contributed by atoms with Gasteiger partial charge in [0.25, 0.3) is 0 Å². The molecule has 26 heavy (non-hydrogen) atoms. The van der Waals surface area contributed by atoms with Crippen LogP contribution >= 0.6 is 0 Å². The van der Waals surface area contributed by atoms with Crippen molar-refractivity contribution < 1.29 is 4.74 Å². The molecule has 3 aromatic rings. The summed E-state index contributed by atoms with van der Waals surface area (Å²) < 4.78 is 5.25. The molecule has 1 aliphatic carbocycles. The van der Waals surface area contributed by atoms with E-state index in [0.717, 1.165) is 36.4 Å². The number of hydrogen-bond donors (Lipinski definition) is 0. The number of aryl methyl sites for hydroxylation is 3. The normalized spacial score (nSPS) is 12.6. The van der Waals surface area contributed by atoms with Crippen molar-refractivity contribution in [1.29, 1.82) is 0 Å². The van der Waals surface area contributed by atoms with Gasteiger partial charge in [-0.2, -0.15) is 0 Å². The number of methoxy groups -OCH3 is 1. The Balaban J connectivity index is 1.55. The van der Waals surface area contributed by atoms with Crippen LogP contribution in [0.15, 0.2) is 54.9 Å². The molecule has 0 radical (unpaired) electrons. The summed E-state index contributed by atoms with van der Waals surface area (Å²) in [5.74, 6) is 0.878. The SMILES string of the molecule is COc1ccc(C2=Cc3c(CCc4ccc(C)cc4)ncnc3C2)cc1. The number of hydrogen-bond acceptors (Lipinski definition) is 3. The van der Waals surface area contributed by atoms with Gasteiger partial charge in [-0.15, -0.1) is 0 Å². The molecule has 4 rings (SSSR count). The van der Waals surface area contributed by atoms with Crippen molar-refractivity contribution in [1.82, 2.24) is 9.97 Å². The maximum Gasteiger partial charge on any atom is 0.118 e. The van der Waals surface area contributed by atoms with Gasteiger partial charge < -0.3 is 4.74 Å². The van der Waals surface area contributed by atoms with Crippen LogP contribution in [0.2, 0.25) is 0 Å². The monoisotopic (exact) mass is 342 g/mol. The maximum atomic E-state index is 5.25. The predicted molar refractivity (Wildman–Crippen MR) is 105 cm³/mol. The Kier molecular flexibility index (Phi) is 4.53. The van der Waals surface area contributed by atoms with Gasteiger partial charge in [0.15, 0.2) is 0 Å². The lowest BCUT2D eigenvalue weighted by molar-refractivity contribution is 0.415. The third-order valence-corrected chi connectivity index (χ3v) is 4.96. The molecule has 0 aliphatic heterocycles. The molecule has 0 saturated heterocycles. The minimum atomic E-state index is 0.863. The molecule has 3 nitrogen and oxygen atoms in total. The van der Waals surface area contributed by atoms with Gasteiger partial charge in [-0.1, -0.05) is 42.0 Å². The van der Waals surface area contributed by atoms with E-state index < -0.39 is 0 Å². The fourth-order valence-electron chi connectivity index (χ4n) is 3.39. The summed E-state index contributed by atoms with van der Waals surface area (Å²) in [6.45, 7) is 2.12. The average molecular weight is 342 g/mol. The molecule has 1 aromatic heterocycles. The lowest BCUT2D eigenvalue weighted by atomic mass is 10.0. The van der Waals surface area contributed by atoms with E-state index in [4.69, 9.17) is 4.74 Å². The third kappa shape index (κ3) is 3.38. The van der Waals surface area contributed by atoms with Gasteiger partial charge in [0.1, 0.15) is 12.1 Å². The first-order valence-corrected chi connectivity index (χ1v) is 8.96. The van der Waals surface area contributed by atoms with Gasteiger partial charge in [0.05, 0.1) is 18.5 Å². The zero-order valence-electron chi connectivity index (χ0n) is 15.2. The first-order valence-electron chi connectivity index (χ1n) is 8.96. The van der Waals surface area contributed by atoms with Crippen molar-refractivity contribution in [3.8, 4) is 5.75 Å². The van der Waals surface area contributed by atoms with Crippen LogP contribution in [0.3, 0.4) is 0 Å². The van der Waals surface area contributed by atoms with Crippen molar-refractivity contribution in [2.75, 3.05) is 7.11 Å². The topological polar surface area (TPSA) is 35.0 Å². The predicted octanol–water partition coefficient (Wildman–Crippen LogP) is 4.68. The van der Waals surface area contributed by atoms with Gasteiger partial charge in [0, 0.05) is 12.0 Å². The number of ether oxygens (including phenoxy) is 1. The standard InChI is InChI=1S/C23H22N2O/c1-16-3-5-17(6-4-16)7-12-22-21-13-19(14-23(21)25-15-24-22)18-8-10-20(26-2)11-9-18/h3-6,8-11,13,15H,7,12,14H2,1-2H3. The molecule has 0 spiro atoms. The second kappa shape index (κ2) is 7.12. The lowest BCUT2D eigenvalue weighted by Gasteiger charge is -2.06. The molecule has 0 N–H and O–H groups in total. The van der Waals surface area contributed by atoms with Crippen LogP contribution in [0.5, 0.6) is 5.75 Å². The summed E-state index contributed by atoms with van der Waals surface area (Å²) in [4.78, 5) is 9.07. The largest absolute Gasteiger partial charge is 0.497 e. The molecule has 0 atom stereocenters. The van der Waals surface area contributed by atoms with E-state index in [0.29, 0.717) is 0 Å². The van der Waals surface area contributed by atoms with Crippen molar-refractivity contribution in [2.45, 2.75) is 26.2 Å². The van der Waals surface area contributed by atoms with Crippen LogP contribution in [0, 0.1) is 6.92 Å². The lowest BCUT2D eigenvalue weighted by Crippen LogP contribution is -2.01. The molecule has 1 heterocycles. The third-order valence-electron chi connectivity index (χ3n) is 4.96. The number of allylic oxidation sites excluding steroid dienone is 1. The number of aromatic nitrogens is 2. The summed E-state index contributed by atoms with van der Waals surface area (Å²) in [6.07, 6.45) is 6.74. The molecule has 0 saturated carbocycles. The Morgan fingerprint density at radius 1 is 0.923 bits per heavy atom. The zero-order chi connectivity index (χ0) is 17.9. The second-order valence-corrected chi connectivity index (χ2v) is 6.74. The van der Waals surface area contributed by atoms with Crippen molar-refractivity contribution in [3.63, 3.8) is 0 Å². The van der Waals surface area contributed by atoms with E-state index >= 15 is 0 Å². The molecule has 0 bridgehead atoms. The molecular formula is C23H22N2O. The summed E-state index contributed by atoms with van der Waals surface area (Å²) in [5.41, 5.74) is 8.62. The summed E-state index contributed by atoms with van der Waals surface area (Å²) in [5, 5.41) is 0. The minimum Gasteiger partial charge on any atom is -0.497 e. The molecule has 0 unspecified atom stereocenters. The molecule has 130 valence electrons. The first kappa shape index (κ1) is 16.5. The van der Waals surface area contributed by atoms with Crippen LogP contribution < -0.4 is 4.74 Å². The fraction of sp³-hybridized carbons (Fsp3) is 0.217. The Hall–Kier alpha value is -2.94. The van der Waals surface area contributed by atoms with E-state index in [2.05, 4.69) is 59.4 Å². The van der Waals surface area contributed by atoms with E-state index in [1.54, 1.807) is 13.4 Å². The summed E-state index contributed by atoms with van der Waals surface area (Å²) in [7, 11) is 1.69. The van der Waals surface area contributed by atoms with Crippen molar-refractivity contribution in [3.05, 3.63) is 88.5 Å². The number of nitrogens with zero attached hydrogens (tertiary/aromatic N) is 2. The second-order valence-electron chi connectivity index (χ2n) is 6.74. The summed E-state index contributed by atoms with van der Waals surface area (Å²) in [6, 6.07) is 17.0. The molecule has 3 heteroatoms. The molecular weight excluding hydrogens is 320 g/mol. The zero-order valence-corrected chi connectivity index (χ0v) is 15.2. The Bertz CT molecular complexity index is 941. The van der Waals surface area contributed by atoms with Crippen molar-refractivity contribution in [2.24, 2.45) is 0 Å². The van der Waals surface area contributed by atoms with E-state index in [9.17, 15) is 0 Å². The summed E-state index contributed by atoms with van der Waals surface area (Å²) >= 11 is 0. The quantitative estimate of drug-likeness (QED) is 0.675. The van der Waals surface area contributed by atoms with Crippen LogP contribution in [-0.2, 0) is 19.3 Å². The first-order chi connectivity index (χ1) is 12.7. The van der Waals surface area contributed by atoms with E-state index in [-0.39, 0.29) is 0 Å². The minimum absolute atomic E-state index is 0.863. The van der Waals surface area contributed by atoms with Crippen LogP contribution in [0.1, 0.15) is 33.6 Å². The number of benzene rings is 2. The van der Waals surface area contributed by atoms with Gasteiger partial charge in [-0.25, -0.2) is 9.97 Å². The van der Waals surface area contributed by atoms with E-state index in [1.165, 1.54) is 27.8 Å². The average Bonchev–Trinajstić information content (AvgIpc) is 3.12. The van der Waals surface area contributed by atoms with Gasteiger partial charge in [-0.05, 0) is 54.7 Å². The molecule has 2 aromatic carbocycles. The Morgan fingerprint density at radius 2 is 1.69 bits per heavy atom. The van der Waals surface area contributed by atoms with Gasteiger partial charge in [0.2, 0.25) is 0 Å². The van der Waals surface area contributed by atoms with Crippen LogP contribution in [0.25, 0.3) is 11.6 Å². The van der Waals surface area contributed by atoms with Crippen LogP contribution in [-0.4, -0.2) is 17.1 Å². The number of fused-ring (bicyclic) bond motifs is 1. The van der Waals surface area contributed by atoms with Crippen LogP contribution in [0.4, 0.5) is 0 Å². The highest BCUT2D eigenvalue weighted by molar-refractivity contribution is 5.88. The number of rotatable bonds is 5.